The average Bonchev–Trinajstić information content (AvgIpc) is 3.34. The molecule has 0 radical (unpaired) electrons. The lowest BCUT2D eigenvalue weighted by Crippen LogP contribution is -2.47. The standard InChI is InChI=1S/C35H31ClF4N4O2/c36-27-10-7-24(8-11-27)4-3-17-43-18-14-34(15-19-43)23-44(33(45)42-22-25-13-16-41-32(37)20-25)30-21-26(9-12-29(30)34)28-5-1-2-6-31(28)46-35(38,39)40/h1-13,16,20-21H,14-15,17-19,22-23H2,(H,42,45)/b4-3+. The number of alkyl halides is 3. The fraction of sp³-hybridized carbons (Fsp3) is 0.257. The van der Waals surface area contributed by atoms with Gasteiger partial charge in [-0.15, -0.1) is 13.2 Å². The number of benzene rings is 3. The number of nitrogens with zero attached hydrogens (tertiary/aromatic N) is 3. The summed E-state index contributed by atoms with van der Waals surface area (Å²) in [6, 6.07) is 21.6. The summed E-state index contributed by atoms with van der Waals surface area (Å²) >= 11 is 5.99. The molecule has 3 aromatic carbocycles. The van der Waals surface area contributed by atoms with Gasteiger partial charge in [0.2, 0.25) is 5.95 Å². The topological polar surface area (TPSA) is 57.7 Å². The number of hydrogen-bond acceptors (Lipinski definition) is 4. The number of aromatic nitrogens is 1. The maximum atomic E-state index is 13.7. The minimum absolute atomic E-state index is 0.0901. The molecule has 1 saturated heterocycles. The van der Waals surface area contributed by atoms with E-state index < -0.39 is 12.3 Å². The number of nitrogens with one attached hydrogen (secondary N) is 1. The number of halogens is 5. The molecule has 0 unspecified atom stereocenters. The number of pyridine rings is 1. The summed E-state index contributed by atoms with van der Waals surface area (Å²) in [6.45, 7) is 2.89. The van der Waals surface area contributed by atoms with Gasteiger partial charge in [-0.25, -0.2) is 9.78 Å². The van der Waals surface area contributed by atoms with Crippen LogP contribution in [0.4, 0.5) is 28.0 Å². The van der Waals surface area contributed by atoms with Gasteiger partial charge >= 0.3 is 12.4 Å². The van der Waals surface area contributed by atoms with E-state index in [2.05, 4.69) is 32.1 Å². The maximum Gasteiger partial charge on any atom is 0.573 e. The predicted molar refractivity (Wildman–Crippen MR) is 170 cm³/mol. The van der Waals surface area contributed by atoms with Crippen LogP contribution in [0.15, 0.2) is 91.1 Å². The van der Waals surface area contributed by atoms with Gasteiger partial charge in [-0.1, -0.05) is 66.2 Å². The molecule has 6 rings (SSSR count). The Labute approximate surface area is 269 Å². The van der Waals surface area contributed by atoms with Gasteiger partial charge in [0.25, 0.3) is 0 Å². The first-order valence-electron chi connectivity index (χ1n) is 14.9. The van der Waals surface area contributed by atoms with Gasteiger partial charge in [0.05, 0.1) is 0 Å². The third-order valence-electron chi connectivity index (χ3n) is 8.58. The monoisotopic (exact) mass is 650 g/mol. The molecule has 11 heteroatoms. The molecule has 1 aromatic heterocycles. The Bertz CT molecular complexity index is 1740. The molecule has 2 aliphatic rings. The van der Waals surface area contributed by atoms with Gasteiger partial charge in [0, 0.05) is 47.5 Å². The molecule has 0 aliphatic carbocycles. The highest BCUT2D eigenvalue weighted by atomic mass is 35.5. The second kappa shape index (κ2) is 13.1. The Kier molecular flexibility index (Phi) is 9.02. The number of likely N-dealkylation sites (tertiary alicyclic amines) is 1. The molecule has 0 atom stereocenters. The van der Waals surface area contributed by atoms with Crippen LogP contribution >= 0.6 is 11.6 Å². The van der Waals surface area contributed by atoms with Crippen molar-refractivity contribution < 1.29 is 27.1 Å². The highest BCUT2D eigenvalue weighted by molar-refractivity contribution is 6.30. The molecule has 2 aliphatic heterocycles. The van der Waals surface area contributed by atoms with Crippen LogP contribution in [0.2, 0.25) is 5.02 Å². The van der Waals surface area contributed by atoms with Gasteiger partial charge in [-0.05, 0) is 84.6 Å². The molecule has 0 saturated carbocycles. The molecule has 2 amide bonds. The third kappa shape index (κ3) is 7.18. The van der Waals surface area contributed by atoms with Crippen LogP contribution in [-0.2, 0) is 12.0 Å². The van der Waals surface area contributed by atoms with Gasteiger partial charge < -0.3 is 10.1 Å². The van der Waals surface area contributed by atoms with Crippen molar-refractivity contribution >= 4 is 29.4 Å². The van der Waals surface area contributed by atoms with E-state index in [9.17, 15) is 22.4 Å². The maximum absolute atomic E-state index is 13.7. The number of piperidine rings is 1. The Morgan fingerprint density at radius 1 is 1.02 bits per heavy atom. The summed E-state index contributed by atoms with van der Waals surface area (Å²) in [5.74, 6) is -0.963. The fourth-order valence-corrected chi connectivity index (χ4v) is 6.40. The smallest absolute Gasteiger partial charge is 0.405 e. The first-order valence-corrected chi connectivity index (χ1v) is 15.3. The molecule has 1 N–H and O–H groups in total. The van der Waals surface area contributed by atoms with Crippen molar-refractivity contribution in [3.63, 3.8) is 0 Å². The minimum atomic E-state index is -4.85. The van der Waals surface area contributed by atoms with Crippen molar-refractivity contribution in [2.75, 3.05) is 31.1 Å². The number of ether oxygens (including phenoxy) is 1. The number of rotatable bonds is 7. The summed E-state index contributed by atoms with van der Waals surface area (Å²) in [6.07, 6.45) is 2.25. The largest absolute Gasteiger partial charge is 0.573 e. The molecule has 3 heterocycles. The predicted octanol–water partition coefficient (Wildman–Crippen LogP) is 8.22. The average molecular weight is 651 g/mol. The van der Waals surface area contributed by atoms with E-state index in [4.69, 9.17) is 11.6 Å². The molecular weight excluding hydrogens is 620 g/mol. The zero-order valence-corrected chi connectivity index (χ0v) is 25.5. The van der Waals surface area contributed by atoms with Crippen molar-refractivity contribution in [2.45, 2.75) is 31.2 Å². The molecule has 1 spiro atoms. The molecular formula is C35H31ClF4N4O2. The number of carbonyl (C=O) groups is 1. The lowest BCUT2D eigenvalue weighted by atomic mass is 9.74. The summed E-state index contributed by atoms with van der Waals surface area (Å²) < 4.78 is 57.6. The molecule has 238 valence electrons. The number of urea groups is 1. The number of fused-ring (bicyclic) bond motifs is 2. The van der Waals surface area contributed by atoms with Gasteiger partial charge in [0.15, 0.2) is 0 Å². The Morgan fingerprint density at radius 3 is 2.52 bits per heavy atom. The van der Waals surface area contributed by atoms with Crippen LogP contribution in [0, 0.1) is 5.95 Å². The van der Waals surface area contributed by atoms with Crippen molar-refractivity contribution in [2.24, 2.45) is 0 Å². The lowest BCUT2D eigenvalue weighted by Gasteiger charge is -2.39. The Hall–Kier alpha value is -4.41. The highest BCUT2D eigenvalue weighted by Gasteiger charge is 2.46. The summed E-state index contributed by atoms with van der Waals surface area (Å²) in [7, 11) is 0. The SMILES string of the molecule is O=C(NCc1ccnc(F)c1)N1CC2(CCN(C/C=C/c3ccc(Cl)cc3)CC2)c2ccc(-c3ccccc3OC(F)(F)F)cc21. The van der Waals surface area contributed by atoms with Crippen molar-refractivity contribution in [1.29, 1.82) is 0 Å². The van der Waals surface area contributed by atoms with Crippen LogP contribution in [-0.4, -0.2) is 48.5 Å². The molecule has 6 nitrogen and oxygen atoms in total. The number of carbonyl (C=O) groups excluding carboxylic acids is 1. The summed E-state index contributed by atoms with van der Waals surface area (Å²) in [5.41, 5.74) is 3.67. The molecule has 4 aromatic rings. The van der Waals surface area contributed by atoms with Crippen LogP contribution in [0.5, 0.6) is 5.75 Å². The Balaban J connectivity index is 1.25. The first-order chi connectivity index (χ1) is 22.1. The quantitative estimate of drug-likeness (QED) is 0.162. The molecule has 1 fully saturated rings. The van der Waals surface area contributed by atoms with E-state index in [1.807, 2.05) is 30.3 Å². The number of anilines is 1. The summed E-state index contributed by atoms with van der Waals surface area (Å²) in [5, 5.41) is 3.57. The van der Waals surface area contributed by atoms with Crippen molar-refractivity contribution in [1.82, 2.24) is 15.2 Å². The van der Waals surface area contributed by atoms with Gasteiger partial charge in [-0.3, -0.25) is 9.80 Å². The molecule has 0 bridgehead atoms. The number of hydrogen-bond donors (Lipinski definition) is 1. The van der Waals surface area contributed by atoms with Crippen molar-refractivity contribution in [3.8, 4) is 16.9 Å². The van der Waals surface area contributed by atoms with E-state index in [0.717, 1.165) is 43.6 Å². The number of para-hydroxylation sites is 1. The minimum Gasteiger partial charge on any atom is -0.405 e. The van der Waals surface area contributed by atoms with Gasteiger partial charge in [-0.2, -0.15) is 4.39 Å². The van der Waals surface area contributed by atoms with Crippen LogP contribution in [0.25, 0.3) is 17.2 Å². The zero-order chi connectivity index (χ0) is 32.3. The fourth-order valence-electron chi connectivity index (χ4n) is 6.27. The second-order valence-electron chi connectivity index (χ2n) is 11.5. The molecule has 46 heavy (non-hydrogen) atoms. The van der Waals surface area contributed by atoms with Crippen LogP contribution in [0.3, 0.4) is 0 Å². The zero-order valence-electron chi connectivity index (χ0n) is 24.7. The second-order valence-corrected chi connectivity index (χ2v) is 12.0. The van der Waals surface area contributed by atoms with Crippen LogP contribution < -0.4 is 15.0 Å². The van der Waals surface area contributed by atoms with Gasteiger partial charge in [0.1, 0.15) is 5.75 Å². The van der Waals surface area contributed by atoms with E-state index in [0.29, 0.717) is 28.4 Å². The summed E-state index contributed by atoms with van der Waals surface area (Å²) in [4.78, 5) is 21.2. The number of amides is 2. The normalized spacial score (nSPS) is 16.2. The van der Waals surface area contributed by atoms with E-state index in [1.165, 1.54) is 24.4 Å². The van der Waals surface area contributed by atoms with Crippen LogP contribution in [0.1, 0.15) is 29.5 Å². The third-order valence-corrected chi connectivity index (χ3v) is 8.83. The van der Waals surface area contributed by atoms with E-state index >= 15 is 0 Å². The lowest BCUT2D eigenvalue weighted by molar-refractivity contribution is -0.274. The van der Waals surface area contributed by atoms with E-state index in [1.54, 1.807) is 35.2 Å². The highest BCUT2D eigenvalue weighted by Crippen LogP contribution is 2.49. The Morgan fingerprint density at radius 2 is 1.78 bits per heavy atom. The first kappa shape index (κ1) is 31.6. The van der Waals surface area contributed by atoms with Crippen molar-refractivity contribution in [3.05, 3.63) is 119 Å². The van der Waals surface area contributed by atoms with E-state index in [-0.39, 0.29) is 29.3 Å².